The van der Waals surface area contributed by atoms with Crippen LogP contribution in [-0.2, 0) is 6.61 Å². The lowest BCUT2D eigenvalue weighted by molar-refractivity contribution is -0.0688. The molecule has 29 heavy (non-hydrogen) atoms. The van der Waals surface area contributed by atoms with Crippen LogP contribution in [0.1, 0.15) is 61.4 Å². The number of rotatable bonds is 6. The highest BCUT2D eigenvalue weighted by atomic mass is 16.5. The zero-order valence-electron chi connectivity index (χ0n) is 17.3. The van der Waals surface area contributed by atoms with E-state index in [1.54, 1.807) is 0 Å². The van der Waals surface area contributed by atoms with Gasteiger partial charge in [0, 0.05) is 11.6 Å². The van der Waals surface area contributed by atoms with Crippen LogP contribution in [0.2, 0.25) is 0 Å². The van der Waals surface area contributed by atoms with E-state index in [1.165, 1.54) is 38.5 Å². The smallest absolute Gasteiger partial charge is 0.251 e. The Bertz CT molecular complexity index is 823. The fraction of sp³-hybridized carbons (Fsp3) is 0.500. The van der Waals surface area contributed by atoms with Gasteiger partial charge >= 0.3 is 0 Å². The van der Waals surface area contributed by atoms with Crippen molar-refractivity contribution in [2.75, 3.05) is 0 Å². The second-order valence-corrected chi connectivity index (χ2v) is 9.77. The fourth-order valence-corrected chi connectivity index (χ4v) is 6.58. The molecule has 1 N–H and O–H groups in total. The molecule has 152 valence electrons. The maximum Gasteiger partial charge on any atom is 0.251 e. The molecule has 4 bridgehead atoms. The summed E-state index contributed by atoms with van der Waals surface area (Å²) in [4.78, 5) is 12.9. The van der Waals surface area contributed by atoms with Gasteiger partial charge in [0.05, 0.1) is 0 Å². The Morgan fingerprint density at radius 3 is 2.14 bits per heavy atom. The summed E-state index contributed by atoms with van der Waals surface area (Å²) >= 11 is 0. The van der Waals surface area contributed by atoms with Crippen LogP contribution in [-0.4, -0.2) is 11.9 Å². The number of ether oxygens (including phenoxy) is 1. The zero-order chi connectivity index (χ0) is 19.8. The van der Waals surface area contributed by atoms with E-state index in [4.69, 9.17) is 4.74 Å². The first kappa shape index (κ1) is 18.7. The Labute approximate surface area is 173 Å². The summed E-state index contributed by atoms with van der Waals surface area (Å²) < 4.78 is 5.79. The molecule has 0 radical (unpaired) electrons. The molecule has 4 fully saturated rings. The quantitative estimate of drug-likeness (QED) is 0.698. The van der Waals surface area contributed by atoms with E-state index in [1.807, 2.05) is 54.6 Å². The molecule has 2 aromatic carbocycles. The fourth-order valence-electron chi connectivity index (χ4n) is 6.58. The third kappa shape index (κ3) is 3.80. The molecule has 6 rings (SSSR count). The van der Waals surface area contributed by atoms with E-state index in [9.17, 15) is 4.79 Å². The summed E-state index contributed by atoms with van der Waals surface area (Å²) in [6.07, 6.45) is 8.26. The van der Waals surface area contributed by atoms with Crippen molar-refractivity contribution in [3.05, 3.63) is 65.7 Å². The molecule has 3 heteroatoms. The number of nitrogens with one attached hydrogen (secondary N) is 1. The van der Waals surface area contributed by atoms with Crippen molar-refractivity contribution < 1.29 is 9.53 Å². The van der Waals surface area contributed by atoms with E-state index in [0.717, 1.165) is 34.6 Å². The van der Waals surface area contributed by atoms with Gasteiger partial charge in [-0.3, -0.25) is 4.79 Å². The van der Waals surface area contributed by atoms with Crippen LogP contribution in [0.15, 0.2) is 54.6 Å². The van der Waals surface area contributed by atoms with Crippen LogP contribution in [0.3, 0.4) is 0 Å². The molecule has 0 aliphatic heterocycles. The third-order valence-electron chi connectivity index (χ3n) is 7.72. The van der Waals surface area contributed by atoms with Crippen LogP contribution >= 0.6 is 0 Å². The molecule has 0 saturated heterocycles. The molecule has 4 aliphatic carbocycles. The minimum atomic E-state index is 0.0590. The highest BCUT2D eigenvalue weighted by molar-refractivity contribution is 5.94. The van der Waals surface area contributed by atoms with Crippen molar-refractivity contribution >= 4 is 5.91 Å². The van der Waals surface area contributed by atoms with Gasteiger partial charge in [-0.2, -0.15) is 0 Å². The number of carbonyl (C=O) groups is 1. The molecule has 4 saturated carbocycles. The summed E-state index contributed by atoms with van der Waals surface area (Å²) in [7, 11) is 0. The summed E-state index contributed by atoms with van der Waals surface area (Å²) in [5, 5.41) is 3.36. The maximum atomic E-state index is 12.9. The van der Waals surface area contributed by atoms with Gasteiger partial charge in [0.1, 0.15) is 12.4 Å². The minimum absolute atomic E-state index is 0.0590. The largest absolute Gasteiger partial charge is 0.489 e. The Morgan fingerprint density at radius 1 is 0.966 bits per heavy atom. The van der Waals surface area contributed by atoms with E-state index in [-0.39, 0.29) is 11.9 Å². The molecule has 0 aromatic heterocycles. The van der Waals surface area contributed by atoms with Gasteiger partial charge in [-0.25, -0.2) is 0 Å². The second kappa shape index (κ2) is 7.51. The second-order valence-electron chi connectivity index (χ2n) is 9.77. The summed E-state index contributed by atoms with van der Waals surface area (Å²) in [6, 6.07) is 17.9. The number of carbonyl (C=O) groups excluding carboxylic acids is 1. The van der Waals surface area contributed by atoms with Crippen molar-refractivity contribution in [1.29, 1.82) is 0 Å². The topological polar surface area (TPSA) is 38.3 Å². The van der Waals surface area contributed by atoms with Crippen molar-refractivity contribution in [2.24, 2.45) is 23.2 Å². The molecule has 1 amide bonds. The molecule has 2 aromatic rings. The Morgan fingerprint density at radius 2 is 1.55 bits per heavy atom. The molecule has 1 atom stereocenters. The Balaban J connectivity index is 1.20. The monoisotopic (exact) mass is 389 g/mol. The van der Waals surface area contributed by atoms with Crippen molar-refractivity contribution in [1.82, 2.24) is 5.32 Å². The minimum Gasteiger partial charge on any atom is -0.489 e. The number of para-hydroxylation sites is 1. The lowest BCUT2D eigenvalue weighted by Crippen LogP contribution is -2.55. The van der Waals surface area contributed by atoms with Gasteiger partial charge in [-0.15, -0.1) is 0 Å². The molecule has 4 aliphatic rings. The average Bonchev–Trinajstić information content (AvgIpc) is 2.72. The number of hydrogen-bond donors (Lipinski definition) is 1. The molecule has 3 nitrogen and oxygen atoms in total. The average molecular weight is 390 g/mol. The van der Waals surface area contributed by atoms with E-state index in [2.05, 4.69) is 12.2 Å². The van der Waals surface area contributed by atoms with E-state index < -0.39 is 0 Å². The molecular weight excluding hydrogens is 358 g/mol. The standard InChI is InChI=1S/C26H31NO2/c1-18(26-14-20-11-21(15-26)13-22(12-20)16-26)27-25(28)23-9-7-19(8-10-23)17-29-24-5-3-2-4-6-24/h2-10,18,20-22H,11-17H2,1H3,(H,27,28)/t18-,20?,21?,22?,26?/m1/s1. The number of benzene rings is 2. The van der Waals surface area contributed by atoms with Gasteiger partial charge in [-0.1, -0.05) is 30.3 Å². The van der Waals surface area contributed by atoms with Gasteiger partial charge in [-0.05, 0) is 98.4 Å². The molecule has 0 heterocycles. The Hall–Kier alpha value is -2.29. The van der Waals surface area contributed by atoms with Gasteiger partial charge in [0.15, 0.2) is 0 Å². The van der Waals surface area contributed by atoms with Crippen LogP contribution in [0, 0.1) is 23.2 Å². The van der Waals surface area contributed by atoms with Gasteiger partial charge in [0.25, 0.3) is 5.91 Å². The molecule has 0 spiro atoms. The number of hydrogen-bond acceptors (Lipinski definition) is 2. The molecule has 0 unspecified atom stereocenters. The van der Waals surface area contributed by atoms with Crippen molar-refractivity contribution in [2.45, 2.75) is 58.1 Å². The first-order valence-corrected chi connectivity index (χ1v) is 11.2. The summed E-state index contributed by atoms with van der Waals surface area (Å²) in [6.45, 7) is 2.75. The Kier molecular flexibility index (Phi) is 4.85. The van der Waals surface area contributed by atoms with Gasteiger partial charge < -0.3 is 10.1 Å². The van der Waals surface area contributed by atoms with Crippen LogP contribution in [0.4, 0.5) is 0 Å². The van der Waals surface area contributed by atoms with Crippen LogP contribution < -0.4 is 10.1 Å². The van der Waals surface area contributed by atoms with E-state index >= 15 is 0 Å². The van der Waals surface area contributed by atoms with Crippen molar-refractivity contribution in [3.63, 3.8) is 0 Å². The summed E-state index contributed by atoms with van der Waals surface area (Å²) in [5.41, 5.74) is 2.15. The predicted octanol–water partition coefficient (Wildman–Crippen LogP) is 5.60. The highest BCUT2D eigenvalue weighted by Crippen LogP contribution is 2.61. The predicted molar refractivity (Wildman–Crippen MR) is 115 cm³/mol. The zero-order valence-corrected chi connectivity index (χ0v) is 17.3. The molecular formula is C26H31NO2. The first-order chi connectivity index (χ1) is 14.1. The first-order valence-electron chi connectivity index (χ1n) is 11.2. The SMILES string of the molecule is C[C@@H](NC(=O)c1ccc(COc2ccccc2)cc1)C12CC3CC(CC(C3)C1)C2. The van der Waals surface area contributed by atoms with Crippen LogP contribution in [0.5, 0.6) is 5.75 Å². The third-order valence-corrected chi connectivity index (χ3v) is 7.72. The van der Waals surface area contributed by atoms with E-state index in [0.29, 0.717) is 12.0 Å². The highest BCUT2D eigenvalue weighted by Gasteiger charge is 2.53. The maximum absolute atomic E-state index is 12.9. The van der Waals surface area contributed by atoms with Crippen LogP contribution in [0.25, 0.3) is 0 Å². The number of amides is 1. The lowest BCUT2D eigenvalue weighted by atomic mass is 9.48. The van der Waals surface area contributed by atoms with Gasteiger partial charge in [0.2, 0.25) is 0 Å². The summed E-state index contributed by atoms with van der Waals surface area (Å²) in [5.74, 6) is 3.64. The lowest BCUT2D eigenvalue weighted by Gasteiger charge is -2.59. The normalized spacial score (nSPS) is 30.7. The van der Waals surface area contributed by atoms with Crippen molar-refractivity contribution in [3.8, 4) is 5.75 Å².